The predicted molar refractivity (Wildman–Crippen MR) is 84.6 cm³/mol. The Hall–Kier alpha value is -1.27. The number of hydrogen-bond acceptors (Lipinski definition) is 5. The van der Waals surface area contributed by atoms with Gasteiger partial charge in [0, 0.05) is 5.66 Å². The average Bonchev–Trinajstić information content (AvgIpc) is 2.91. The van der Waals surface area contributed by atoms with Crippen molar-refractivity contribution < 1.29 is 4.74 Å². The van der Waals surface area contributed by atoms with Crippen molar-refractivity contribution in [2.45, 2.75) is 30.8 Å². The number of nitrogens with zero attached hydrogens (tertiary/aromatic N) is 4. The van der Waals surface area contributed by atoms with E-state index in [1.807, 2.05) is 11.5 Å². The molecule has 5 unspecified atom stereocenters. The summed E-state index contributed by atoms with van der Waals surface area (Å²) in [6, 6.07) is 0. The van der Waals surface area contributed by atoms with Crippen LogP contribution in [0, 0.1) is 12.3 Å². The van der Waals surface area contributed by atoms with E-state index in [1.165, 1.54) is 0 Å². The predicted octanol–water partition coefficient (Wildman–Crippen LogP) is 0.463. The molecule has 0 bridgehead atoms. The molecule has 3 rings (SSSR count). The van der Waals surface area contributed by atoms with Crippen LogP contribution in [0.1, 0.15) is 19.6 Å². The van der Waals surface area contributed by atoms with E-state index in [1.54, 1.807) is 6.33 Å². The van der Waals surface area contributed by atoms with E-state index >= 15 is 0 Å². The van der Waals surface area contributed by atoms with E-state index in [0.717, 1.165) is 6.42 Å². The lowest BCUT2D eigenvalue weighted by molar-refractivity contribution is -0.0240. The first-order chi connectivity index (χ1) is 9.43. The maximum absolute atomic E-state index is 6.00. The number of fused-ring (bicyclic) bond motifs is 1. The second-order valence-electron chi connectivity index (χ2n) is 5.04. The molecule has 1 aliphatic heterocycles. The van der Waals surface area contributed by atoms with E-state index in [9.17, 15) is 0 Å². The summed E-state index contributed by atoms with van der Waals surface area (Å²) < 4.78 is 7.86. The van der Waals surface area contributed by atoms with Gasteiger partial charge in [0.1, 0.15) is 22.9 Å². The fourth-order valence-corrected chi connectivity index (χ4v) is 3.43. The molecular formula is C12H15N5OP2. The van der Waals surface area contributed by atoms with Crippen molar-refractivity contribution in [3.63, 3.8) is 0 Å². The molecule has 3 heterocycles. The maximum Gasteiger partial charge on any atom is 0.168 e. The molecular weight excluding hydrogens is 292 g/mol. The van der Waals surface area contributed by atoms with Gasteiger partial charge in [-0.15, -0.1) is 15.7 Å². The maximum atomic E-state index is 6.00. The fourth-order valence-electron chi connectivity index (χ4n) is 2.45. The summed E-state index contributed by atoms with van der Waals surface area (Å²) in [5.41, 5.74) is 7.22. The Morgan fingerprint density at radius 3 is 3.00 bits per heavy atom. The second-order valence-corrected chi connectivity index (χ2v) is 6.42. The molecule has 2 N–H and O–H groups in total. The van der Waals surface area contributed by atoms with Crippen molar-refractivity contribution in [1.82, 2.24) is 19.5 Å². The van der Waals surface area contributed by atoms with Crippen LogP contribution in [0.4, 0.5) is 5.82 Å². The number of ether oxygens (including phenoxy) is 1. The van der Waals surface area contributed by atoms with Crippen LogP contribution in [0.25, 0.3) is 11.2 Å². The van der Waals surface area contributed by atoms with Gasteiger partial charge >= 0.3 is 0 Å². The van der Waals surface area contributed by atoms with Gasteiger partial charge in [0.25, 0.3) is 0 Å². The molecule has 0 spiro atoms. The standard InChI is InChI=1S/C12H15N5OP2/c1-3-12(2)4-6(19)10(18-12)17-5-14-7-8(13)15-11(20)16-9(7)17/h1,5-6,10H,4,19-20H2,2H3,(H2,13,15,16). The van der Waals surface area contributed by atoms with Crippen molar-refractivity contribution in [1.29, 1.82) is 0 Å². The molecule has 5 atom stereocenters. The molecule has 1 aliphatic rings. The minimum Gasteiger partial charge on any atom is -0.382 e. The average molecular weight is 307 g/mol. The number of nitrogens with two attached hydrogens (primary N) is 1. The minimum atomic E-state index is -0.573. The lowest BCUT2D eigenvalue weighted by Crippen LogP contribution is -2.22. The monoisotopic (exact) mass is 307 g/mol. The van der Waals surface area contributed by atoms with Crippen LogP contribution in [0.5, 0.6) is 0 Å². The topological polar surface area (TPSA) is 78.9 Å². The van der Waals surface area contributed by atoms with Crippen LogP contribution in [-0.4, -0.2) is 30.8 Å². The quantitative estimate of drug-likeness (QED) is 0.612. The Kier molecular flexibility index (Phi) is 3.17. The lowest BCUT2D eigenvalue weighted by Gasteiger charge is -2.19. The Labute approximate surface area is 121 Å². The number of anilines is 1. The Bertz CT molecular complexity index is 724. The van der Waals surface area contributed by atoms with Gasteiger partial charge in [-0.05, 0) is 13.3 Å². The van der Waals surface area contributed by atoms with Crippen LogP contribution in [0.2, 0.25) is 0 Å². The summed E-state index contributed by atoms with van der Waals surface area (Å²) in [6.45, 7) is 1.91. The highest BCUT2D eigenvalue weighted by molar-refractivity contribution is 7.26. The molecule has 1 saturated heterocycles. The highest BCUT2D eigenvalue weighted by Crippen LogP contribution is 2.41. The molecule has 1 fully saturated rings. The van der Waals surface area contributed by atoms with Gasteiger partial charge < -0.3 is 10.5 Å². The summed E-state index contributed by atoms with van der Waals surface area (Å²) in [7, 11) is 5.21. The second kappa shape index (κ2) is 4.63. The van der Waals surface area contributed by atoms with Gasteiger partial charge in [-0.25, -0.2) is 15.0 Å². The zero-order valence-electron chi connectivity index (χ0n) is 10.9. The van der Waals surface area contributed by atoms with E-state index in [2.05, 4.69) is 39.4 Å². The molecule has 8 heteroatoms. The summed E-state index contributed by atoms with van der Waals surface area (Å²) in [6.07, 6.45) is 7.74. The third-order valence-electron chi connectivity index (χ3n) is 3.42. The van der Waals surface area contributed by atoms with Crippen LogP contribution in [0.15, 0.2) is 6.33 Å². The minimum absolute atomic E-state index is 0.178. The number of imidazole rings is 1. The number of terminal acetylenes is 1. The number of nitrogen functional groups attached to an aromatic ring is 1. The summed E-state index contributed by atoms with van der Waals surface area (Å²) in [4.78, 5) is 12.7. The van der Waals surface area contributed by atoms with E-state index in [4.69, 9.17) is 16.9 Å². The zero-order valence-corrected chi connectivity index (χ0v) is 13.3. The summed E-state index contributed by atoms with van der Waals surface area (Å²) >= 11 is 0. The molecule has 0 amide bonds. The molecule has 0 radical (unpaired) electrons. The zero-order chi connectivity index (χ0) is 14.5. The van der Waals surface area contributed by atoms with Gasteiger partial charge in [0.05, 0.1) is 6.33 Å². The van der Waals surface area contributed by atoms with Gasteiger partial charge in [0.15, 0.2) is 11.5 Å². The number of aromatic nitrogens is 4. The molecule has 104 valence electrons. The van der Waals surface area contributed by atoms with Gasteiger partial charge in [0.2, 0.25) is 0 Å². The Balaban J connectivity index is 2.10. The van der Waals surface area contributed by atoms with Crippen molar-refractivity contribution in [2.75, 3.05) is 5.73 Å². The van der Waals surface area contributed by atoms with E-state index < -0.39 is 5.60 Å². The number of rotatable bonds is 1. The van der Waals surface area contributed by atoms with Gasteiger partial charge in [-0.3, -0.25) is 4.57 Å². The first-order valence-corrected chi connectivity index (χ1v) is 7.34. The largest absolute Gasteiger partial charge is 0.382 e. The molecule has 0 aliphatic carbocycles. The summed E-state index contributed by atoms with van der Waals surface area (Å²) in [5, 5.41) is 0. The highest BCUT2D eigenvalue weighted by Gasteiger charge is 2.41. The molecule has 0 aromatic carbocycles. The summed E-state index contributed by atoms with van der Waals surface area (Å²) in [5.74, 6) is 3.06. The first-order valence-electron chi connectivity index (χ1n) is 6.10. The molecule has 2 aromatic rings. The first kappa shape index (κ1) is 13.7. The van der Waals surface area contributed by atoms with Gasteiger partial charge in [-0.1, -0.05) is 15.2 Å². The normalized spacial score (nSPS) is 29.7. The van der Waals surface area contributed by atoms with Gasteiger partial charge in [-0.2, -0.15) is 0 Å². The highest BCUT2D eigenvalue weighted by atomic mass is 31.0. The van der Waals surface area contributed by atoms with Crippen LogP contribution >= 0.6 is 18.5 Å². The third-order valence-corrected chi connectivity index (χ3v) is 4.24. The number of hydrogen-bond donors (Lipinski definition) is 1. The molecule has 2 aromatic heterocycles. The SMILES string of the molecule is C#CC1(C)CC(P)C(n2cnc3c(N)nc(P)nc32)O1. The van der Waals surface area contributed by atoms with E-state index in [-0.39, 0.29) is 11.9 Å². The molecule has 6 nitrogen and oxygen atoms in total. The molecule has 0 saturated carbocycles. The van der Waals surface area contributed by atoms with Crippen LogP contribution in [-0.2, 0) is 4.74 Å². The van der Waals surface area contributed by atoms with Crippen LogP contribution < -0.4 is 11.3 Å². The Morgan fingerprint density at radius 1 is 1.60 bits per heavy atom. The van der Waals surface area contributed by atoms with Crippen molar-refractivity contribution >= 4 is 41.0 Å². The lowest BCUT2D eigenvalue weighted by atomic mass is 10.0. The van der Waals surface area contributed by atoms with Crippen molar-refractivity contribution in [2.24, 2.45) is 0 Å². The Morgan fingerprint density at radius 2 is 2.35 bits per heavy atom. The fraction of sp³-hybridized carbons (Fsp3) is 0.417. The third kappa shape index (κ3) is 2.07. The van der Waals surface area contributed by atoms with Crippen molar-refractivity contribution in [3.8, 4) is 12.3 Å². The van der Waals surface area contributed by atoms with Crippen molar-refractivity contribution in [3.05, 3.63) is 6.33 Å². The smallest absolute Gasteiger partial charge is 0.168 e. The van der Waals surface area contributed by atoms with E-state index in [0.29, 0.717) is 22.5 Å². The van der Waals surface area contributed by atoms with Crippen LogP contribution in [0.3, 0.4) is 0 Å². The molecule has 20 heavy (non-hydrogen) atoms.